The molecule has 1 radical (unpaired) electrons. The van der Waals surface area contributed by atoms with E-state index in [-0.39, 0.29) is 5.41 Å². The summed E-state index contributed by atoms with van der Waals surface area (Å²) in [4.78, 5) is 0. The Morgan fingerprint density at radius 2 is 2.29 bits per heavy atom. The summed E-state index contributed by atoms with van der Waals surface area (Å²) in [5, 5.41) is 0. The van der Waals surface area contributed by atoms with Crippen molar-refractivity contribution in [1.29, 1.82) is 0 Å². The van der Waals surface area contributed by atoms with Gasteiger partial charge >= 0.3 is 0 Å². The summed E-state index contributed by atoms with van der Waals surface area (Å²) in [6.45, 7) is 4.70. The monoisotopic (exact) mass is 116 g/mol. The number of thioether (sulfide) groups is 1. The maximum Gasteiger partial charge on any atom is 0.000943 e. The summed E-state index contributed by atoms with van der Waals surface area (Å²) in [6.07, 6.45) is 0. The van der Waals surface area contributed by atoms with E-state index in [1.165, 1.54) is 0 Å². The van der Waals surface area contributed by atoms with E-state index < -0.39 is 0 Å². The molecule has 0 unspecified atom stereocenters. The molecular weight excluding hydrogens is 106 g/mol. The van der Waals surface area contributed by atoms with Crippen molar-refractivity contribution in [2.45, 2.75) is 0 Å². The van der Waals surface area contributed by atoms with Crippen molar-refractivity contribution in [2.75, 3.05) is 18.1 Å². The standard InChI is InChI=1S/C5H10NS/c1-5(2-6)3-7-4-5/h1-4,6H2. The predicted octanol–water partition coefficient (Wildman–Crippen LogP) is 0.512. The van der Waals surface area contributed by atoms with Crippen LogP contribution in [0.3, 0.4) is 0 Å². The van der Waals surface area contributed by atoms with E-state index in [4.69, 9.17) is 5.73 Å². The van der Waals surface area contributed by atoms with Crippen molar-refractivity contribution in [2.24, 2.45) is 11.1 Å². The Balaban J connectivity index is 2.29. The number of hydrogen-bond acceptors (Lipinski definition) is 2. The topological polar surface area (TPSA) is 26.0 Å². The van der Waals surface area contributed by atoms with E-state index in [1.54, 1.807) is 0 Å². The molecule has 1 aliphatic rings. The molecule has 1 rings (SSSR count). The van der Waals surface area contributed by atoms with Gasteiger partial charge in [-0.2, -0.15) is 11.8 Å². The Kier molecular flexibility index (Phi) is 1.30. The molecule has 0 aromatic rings. The summed E-state index contributed by atoms with van der Waals surface area (Å²) in [5.41, 5.74) is 5.65. The van der Waals surface area contributed by atoms with Gasteiger partial charge in [0.1, 0.15) is 0 Å². The highest BCUT2D eigenvalue weighted by Gasteiger charge is 2.30. The second-order valence-electron chi connectivity index (χ2n) is 2.20. The van der Waals surface area contributed by atoms with E-state index >= 15 is 0 Å². The van der Waals surface area contributed by atoms with Crippen molar-refractivity contribution in [3.8, 4) is 0 Å². The SMILES string of the molecule is [CH2]C1(CN)CSC1. The lowest BCUT2D eigenvalue weighted by atomic mass is 9.96. The third-order valence-corrected chi connectivity index (χ3v) is 2.88. The number of rotatable bonds is 1. The molecule has 0 bridgehead atoms. The first-order valence-corrected chi connectivity index (χ1v) is 3.55. The average molecular weight is 116 g/mol. The van der Waals surface area contributed by atoms with Crippen LogP contribution in [-0.2, 0) is 0 Å². The molecular formula is C5H10NS. The largest absolute Gasteiger partial charge is 0.330 e. The first kappa shape index (κ1) is 5.45. The van der Waals surface area contributed by atoms with Crippen molar-refractivity contribution in [1.82, 2.24) is 0 Å². The molecule has 2 N–H and O–H groups in total. The van der Waals surface area contributed by atoms with Gasteiger partial charge in [-0.25, -0.2) is 0 Å². The zero-order valence-electron chi connectivity index (χ0n) is 4.31. The van der Waals surface area contributed by atoms with Crippen LogP contribution in [0.5, 0.6) is 0 Å². The summed E-state index contributed by atoms with van der Waals surface area (Å²) in [6, 6.07) is 0. The van der Waals surface area contributed by atoms with Gasteiger partial charge in [-0.05, 0) is 13.5 Å². The lowest BCUT2D eigenvalue weighted by Gasteiger charge is -2.35. The Hall–Kier alpha value is 0.310. The van der Waals surface area contributed by atoms with Gasteiger partial charge in [0.2, 0.25) is 0 Å². The smallest absolute Gasteiger partial charge is 0.000943 e. The van der Waals surface area contributed by atoms with Crippen molar-refractivity contribution in [3.05, 3.63) is 6.92 Å². The second-order valence-corrected chi connectivity index (χ2v) is 3.18. The molecule has 0 amide bonds. The van der Waals surface area contributed by atoms with Crippen LogP contribution in [0.4, 0.5) is 0 Å². The van der Waals surface area contributed by atoms with Gasteiger partial charge in [0.25, 0.3) is 0 Å². The Bertz CT molecular complexity index is 63.0. The van der Waals surface area contributed by atoms with Gasteiger partial charge < -0.3 is 5.73 Å². The first-order chi connectivity index (χ1) is 3.27. The molecule has 1 heterocycles. The van der Waals surface area contributed by atoms with E-state index in [1.807, 2.05) is 11.8 Å². The van der Waals surface area contributed by atoms with Crippen molar-refractivity contribution < 1.29 is 0 Å². The minimum absolute atomic E-state index is 0.255. The maximum absolute atomic E-state index is 5.39. The van der Waals surface area contributed by atoms with Gasteiger partial charge in [-0.3, -0.25) is 0 Å². The molecule has 7 heavy (non-hydrogen) atoms. The van der Waals surface area contributed by atoms with Crippen LogP contribution < -0.4 is 5.73 Å². The van der Waals surface area contributed by atoms with E-state index in [2.05, 4.69) is 6.92 Å². The molecule has 0 saturated carbocycles. The fraction of sp³-hybridized carbons (Fsp3) is 0.800. The Morgan fingerprint density at radius 3 is 2.29 bits per heavy atom. The number of hydrogen-bond donors (Lipinski definition) is 1. The quantitative estimate of drug-likeness (QED) is 0.540. The first-order valence-electron chi connectivity index (χ1n) is 2.40. The van der Waals surface area contributed by atoms with Gasteiger partial charge in [0.05, 0.1) is 0 Å². The molecule has 0 aromatic carbocycles. The summed E-state index contributed by atoms with van der Waals surface area (Å²) >= 11 is 1.93. The van der Waals surface area contributed by atoms with Crippen LogP contribution in [-0.4, -0.2) is 18.1 Å². The summed E-state index contributed by atoms with van der Waals surface area (Å²) in [5.74, 6) is 2.31. The minimum Gasteiger partial charge on any atom is -0.330 e. The van der Waals surface area contributed by atoms with Gasteiger partial charge in [0.15, 0.2) is 0 Å². The zero-order valence-corrected chi connectivity index (χ0v) is 5.13. The lowest BCUT2D eigenvalue weighted by Crippen LogP contribution is -2.39. The van der Waals surface area contributed by atoms with Crippen LogP contribution in [0, 0.1) is 12.3 Å². The van der Waals surface area contributed by atoms with Crippen LogP contribution >= 0.6 is 11.8 Å². The fourth-order valence-corrected chi connectivity index (χ4v) is 1.53. The average Bonchev–Trinajstić information content (AvgIpc) is 1.61. The molecule has 0 aliphatic carbocycles. The van der Waals surface area contributed by atoms with Gasteiger partial charge in [-0.1, -0.05) is 0 Å². The highest BCUT2D eigenvalue weighted by atomic mass is 32.2. The summed E-state index contributed by atoms with van der Waals surface area (Å²) in [7, 11) is 0. The molecule has 41 valence electrons. The van der Waals surface area contributed by atoms with Gasteiger partial charge in [-0.15, -0.1) is 0 Å². The Morgan fingerprint density at radius 1 is 1.71 bits per heavy atom. The lowest BCUT2D eigenvalue weighted by molar-refractivity contribution is 0.483. The fourth-order valence-electron chi connectivity index (χ4n) is 0.509. The van der Waals surface area contributed by atoms with Crippen LogP contribution in [0.25, 0.3) is 0 Å². The maximum atomic E-state index is 5.39. The van der Waals surface area contributed by atoms with Crippen LogP contribution in [0.15, 0.2) is 0 Å². The Labute approximate surface area is 48.7 Å². The van der Waals surface area contributed by atoms with E-state index in [9.17, 15) is 0 Å². The highest BCUT2D eigenvalue weighted by molar-refractivity contribution is 8.00. The molecule has 0 spiro atoms. The molecule has 2 heteroatoms. The molecule has 1 nitrogen and oxygen atoms in total. The van der Waals surface area contributed by atoms with Crippen molar-refractivity contribution in [3.63, 3.8) is 0 Å². The molecule has 0 aromatic heterocycles. The molecule has 1 saturated heterocycles. The van der Waals surface area contributed by atoms with E-state index in [0.717, 1.165) is 18.1 Å². The van der Waals surface area contributed by atoms with Gasteiger partial charge in [0, 0.05) is 16.9 Å². The molecule has 0 atom stereocenters. The third kappa shape index (κ3) is 0.916. The van der Waals surface area contributed by atoms with Crippen molar-refractivity contribution >= 4 is 11.8 Å². The highest BCUT2D eigenvalue weighted by Crippen LogP contribution is 2.35. The third-order valence-electron chi connectivity index (χ3n) is 1.25. The van der Waals surface area contributed by atoms with E-state index in [0.29, 0.717) is 0 Å². The zero-order chi connectivity index (χ0) is 5.33. The normalized spacial score (nSPS) is 26.6. The molecule has 1 fully saturated rings. The number of nitrogens with two attached hydrogens (primary N) is 1. The summed E-state index contributed by atoms with van der Waals surface area (Å²) < 4.78 is 0. The van der Waals surface area contributed by atoms with Crippen LogP contribution in [0.1, 0.15) is 0 Å². The second kappa shape index (κ2) is 1.67. The predicted molar refractivity (Wildman–Crippen MR) is 34.2 cm³/mol. The molecule has 1 aliphatic heterocycles. The minimum atomic E-state index is 0.255. The van der Waals surface area contributed by atoms with Crippen LogP contribution in [0.2, 0.25) is 0 Å².